The number of nitrogens with one attached hydrogen (secondary N) is 1. The summed E-state index contributed by atoms with van der Waals surface area (Å²) in [5, 5.41) is 11.0. The Kier molecular flexibility index (Phi) is 3.78. The molecule has 0 aliphatic heterocycles. The molecule has 1 aromatic rings. The molecule has 0 aromatic heterocycles. The van der Waals surface area contributed by atoms with Crippen molar-refractivity contribution in [1.29, 1.82) is 0 Å². The lowest BCUT2D eigenvalue weighted by atomic mass is 10.1. The van der Waals surface area contributed by atoms with Gasteiger partial charge in [0, 0.05) is 5.56 Å². The van der Waals surface area contributed by atoms with Crippen molar-refractivity contribution in [2.45, 2.75) is 11.4 Å². The van der Waals surface area contributed by atoms with Crippen molar-refractivity contribution >= 4 is 35.1 Å². The maximum absolute atomic E-state index is 11.6. The molecule has 0 heterocycles. The average molecular weight is 262 g/mol. The Labute approximate surface area is 102 Å². The Hall–Kier alpha value is -1.26. The van der Waals surface area contributed by atoms with Crippen molar-refractivity contribution in [3.05, 3.63) is 35.4 Å². The van der Waals surface area contributed by atoms with Crippen LogP contribution in [0.15, 0.2) is 24.3 Å². The number of hydrogen-bond acceptors (Lipinski definition) is 2. The summed E-state index contributed by atoms with van der Waals surface area (Å²) in [5.41, 5.74) is 0.214. The fraction of sp³-hybridized carbons (Fsp3) is 0.200. The fourth-order valence-electron chi connectivity index (χ4n) is 1.06. The van der Waals surface area contributed by atoms with Crippen LogP contribution < -0.4 is 5.32 Å². The molecule has 0 atom stereocenters. The maximum Gasteiger partial charge on any atom is 0.335 e. The molecule has 16 heavy (non-hydrogen) atoms. The van der Waals surface area contributed by atoms with Gasteiger partial charge in [0.2, 0.25) is 0 Å². The van der Waals surface area contributed by atoms with E-state index in [1.165, 1.54) is 31.2 Å². The minimum atomic E-state index is -1.39. The summed E-state index contributed by atoms with van der Waals surface area (Å²) in [6, 6.07) is 5.58. The summed E-state index contributed by atoms with van der Waals surface area (Å²) in [4.78, 5) is 22.2. The van der Waals surface area contributed by atoms with E-state index in [-0.39, 0.29) is 11.1 Å². The van der Waals surface area contributed by atoms with Gasteiger partial charge >= 0.3 is 5.97 Å². The second kappa shape index (κ2) is 4.72. The Morgan fingerprint density at radius 2 is 1.88 bits per heavy atom. The first kappa shape index (κ1) is 12.8. The molecule has 2 N–H and O–H groups in total. The Morgan fingerprint density at radius 3 is 2.38 bits per heavy atom. The van der Waals surface area contributed by atoms with Crippen LogP contribution in [0.2, 0.25) is 0 Å². The highest BCUT2D eigenvalue weighted by Crippen LogP contribution is 2.16. The predicted molar refractivity (Wildman–Crippen MR) is 61.0 cm³/mol. The third-order valence-corrected chi connectivity index (χ3v) is 1.89. The molecule has 0 radical (unpaired) electrons. The van der Waals surface area contributed by atoms with Crippen molar-refractivity contribution in [2.24, 2.45) is 0 Å². The van der Waals surface area contributed by atoms with Crippen LogP contribution in [-0.4, -0.2) is 21.4 Å². The van der Waals surface area contributed by atoms with Gasteiger partial charge in [0.05, 0.1) is 5.56 Å². The first-order valence-corrected chi connectivity index (χ1v) is 5.09. The average Bonchev–Trinajstić information content (AvgIpc) is 2.15. The van der Waals surface area contributed by atoms with Gasteiger partial charge < -0.3 is 10.4 Å². The van der Waals surface area contributed by atoms with Gasteiger partial charge in [0.1, 0.15) is 0 Å². The summed E-state index contributed by atoms with van der Waals surface area (Å²) in [5.74, 6) is -1.63. The first-order chi connectivity index (χ1) is 7.29. The zero-order chi connectivity index (χ0) is 12.3. The minimum absolute atomic E-state index is 0.0264. The minimum Gasteiger partial charge on any atom is -0.478 e. The smallest absolute Gasteiger partial charge is 0.335 e. The van der Waals surface area contributed by atoms with Crippen LogP contribution in [0.3, 0.4) is 0 Å². The predicted octanol–water partition coefficient (Wildman–Crippen LogP) is 2.27. The molecule has 0 saturated heterocycles. The number of amides is 1. The van der Waals surface area contributed by atoms with Crippen LogP contribution in [0.25, 0.3) is 0 Å². The Bertz CT molecular complexity index is 426. The zero-order valence-corrected chi connectivity index (χ0v) is 9.84. The largest absolute Gasteiger partial charge is 0.478 e. The molecule has 0 spiro atoms. The second-order valence-electron chi connectivity index (χ2n) is 3.23. The SMILES string of the molecule is CC(Cl)(Cl)NC(=O)c1cccc(C(=O)O)c1. The van der Waals surface area contributed by atoms with E-state index in [2.05, 4.69) is 5.32 Å². The van der Waals surface area contributed by atoms with Crippen molar-refractivity contribution in [1.82, 2.24) is 5.32 Å². The van der Waals surface area contributed by atoms with Gasteiger partial charge in [-0.1, -0.05) is 29.3 Å². The number of halogens is 2. The number of alkyl halides is 2. The molecule has 0 unspecified atom stereocenters. The lowest BCUT2D eigenvalue weighted by molar-refractivity contribution is 0.0697. The number of hydrogen-bond donors (Lipinski definition) is 2. The zero-order valence-electron chi connectivity index (χ0n) is 8.33. The topological polar surface area (TPSA) is 66.4 Å². The number of carbonyl (C=O) groups excluding carboxylic acids is 1. The molecule has 1 amide bonds. The molecule has 0 saturated carbocycles. The van der Waals surface area contributed by atoms with E-state index in [9.17, 15) is 9.59 Å². The third-order valence-electron chi connectivity index (χ3n) is 1.70. The van der Waals surface area contributed by atoms with Crippen LogP contribution in [-0.2, 0) is 0 Å². The summed E-state index contributed by atoms with van der Waals surface area (Å²) in [7, 11) is 0. The van der Waals surface area contributed by atoms with Crippen molar-refractivity contribution in [3.63, 3.8) is 0 Å². The molecule has 0 aliphatic carbocycles. The first-order valence-electron chi connectivity index (χ1n) is 4.33. The quantitative estimate of drug-likeness (QED) is 0.648. The number of carboxylic acids is 1. The van der Waals surface area contributed by atoms with E-state index in [0.29, 0.717) is 0 Å². The molecule has 6 heteroatoms. The summed E-state index contributed by atoms with van der Waals surface area (Å²) in [6.45, 7) is 1.40. The summed E-state index contributed by atoms with van der Waals surface area (Å²) in [6.07, 6.45) is 0. The van der Waals surface area contributed by atoms with Crippen molar-refractivity contribution in [3.8, 4) is 0 Å². The van der Waals surface area contributed by atoms with Crippen LogP contribution in [0.5, 0.6) is 0 Å². The van der Waals surface area contributed by atoms with Gasteiger partial charge in [-0.05, 0) is 25.1 Å². The number of aromatic carboxylic acids is 1. The number of carbonyl (C=O) groups is 2. The molecular weight excluding hydrogens is 253 g/mol. The van der Waals surface area contributed by atoms with E-state index < -0.39 is 16.3 Å². The Balaban J connectivity index is 2.92. The number of rotatable bonds is 3. The molecule has 0 fully saturated rings. The molecule has 0 aliphatic rings. The molecule has 1 rings (SSSR count). The second-order valence-corrected chi connectivity index (χ2v) is 4.93. The molecule has 4 nitrogen and oxygen atoms in total. The van der Waals surface area contributed by atoms with Gasteiger partial charge in [-0.25, -0.2) is 4.79 Å². The number of carboxylic acid groups (broad SMARTS) is 1. The highest BCUT2D eigenvalue weighted by molar-refractivity contribution is 6.48. The standard InChI is InChI=1S/C10H9Cl2NO3/c1-10(11,12)13-8(14)6-3-2-4-7(5-6)9(15)16/h2-5H,1H3,(H,13,14)(H,15,16). The maximum atomic E-state index is 11.6. The third kappa shape index (κ3) is 3.72. The highest BCUT2D eigenvalue weighted by atomic mass is 35.5. The lowest BCUT2D eigenvalue weighted by Crippen LogP contribution is -2.36. The van der Waals surface area contributed by atoms with Crippen molar-refractivity contribution < 1.29 is 14.7 Å². The normalized spacial score (nSPS) is 10.9. The van der Waals surface area contributed by atoms with Gasteiger partial charge in [0.15, 0.2) is 4.46 Å². The molecule has 86 valence electrons. The van der Waals surface area contributed by atoms with Gasteiger partial charge in [-0.15, -0.1) is 0 Å². The van der Waals surface area contributed by atoms with E-state index in [1.807, 2.05) is 0 Å². The van der Waals surface area contributed by atoms with Gasteiger partial charge in [0.25, 0.3) is 5.91 Å². The van der Waals surface area contributed by atoms with E-state index in [0.717, 1.165) is 0 Å². The van der Waals surface area contributed by atoms with E-state index in [1.54, 1.807) is 0 Å². The lowest BCUT2D eigenvalue weighted by Gasteiger charge is -2.15. The highest BCUT2D eigenvalue weighted by Gasteiger charge is 2.20. The summed E-state index contributed by atoms with van der Waals surface area (Å²) >= 11 is 11.2. The van der Waals surface area contributed by atoms with Crippen molar-refractivity contribution in [2.75, 3.05) is 0 Å². The van der Waals surface area contributed by atoms with Gasteiger partial charge in [-0.2, -0.15) is 0 Å². The fourth-order valence-corrected chi connectivity index (χ4v) is 1.24. The molecular formula is C10H9Cl2NO3. The van der Waals surface area contributed by atoms with Gasteiger partial charge in [-0.3, -0.25) is 4.79 Å². The Morgan fingerprint density at radius 1 is 1.31 bits per heavy atom. The van der Waals surface area contributed by atoms with E-state index in [4.69, 9.17) is 28.3 Å². The van der Waals surface area contributed by atoms with Crippen LogP contribution in [0, 0.1) is 0 Å². The van der Waals surface area contributed by atoms with Crippen LogP contribution >= 0.6 is 23.2 Å². The number of benzene rings is 1. The van der Waals surface area contributed by atoms with Crippen LogP contribution in [0.1, 0.15) is 27.6 Å². The van der Waals surface area contributed by atoms with E-state index >= 15 is 0 Å². The molecule has 0 bridgehead atoms. The monoisotopic (exact) mass is 261 g/mol. The van der Waals surface area contributed by atoms with Crippen LogP contribution in [0.4, 0.5) is 0 Å². The summed E-state index contributed by atoms with van der Waals surface area (Å²) < 4.78 is -1.39. The molecule has 1 aromatic carbocycles.